The summed E-state index contributed by atoms with van der Waals surface area (Å²) in [7, 11) is 5.16. The fraction of sp³-hybridized carbons (Fsp3) is 0.320. The molecule has 0 amide bonds. The number of nitrogens with zero attached hydrogens (tertiary/aromatic N) is 1. The third-order valence-corrected chi connectivity index (χ3v) is 5.30. The summed E-state index contributed by atoms with van der Waals surface area (Å²) in [6.07, 6.45) is 3.45. The van der Waals surface area contributed by atoms with E-state index in [-0.39, 0.29) is 12.4 Å². The van der Waals surface area contributed by atoms with Gasteiger partial charge in [0.05, 0.1) is 23.7 Å². The molecule has 0 radical (unpaired) electrons. The molecule has 0 aliphatic heterocycles. The summed E-state index contributed by atoms with van der Waals surface area (Å²) in [5, 5.41) is 10.4. The Labute approximate surface area is 182 Å². The first-order chi connectivity index (χ1) is 14.9. The fourth-order valence-corrected chi connectivity index (χ4v) is 4.00. The van der Waals surface area contributed by atoms with Gasteiger partial charge in [-0.3, -0.25) is 0 Å². The zero-order valence-corrected chi connectivity index (χ0v) is 18.7. The Kier molecular flexibility index (Phi) is 7.02. The third kappa shape index (κ3) is 4.30. The lowest BCUT2D eigenvalue weighted by atomic mass is 9.99. The van der Waals surface area contributed by atoms with E-state index < -0.39 is 5.97 Å². The van der Waals surface area contributed by atoms with Crippen molar-refractivity contribution in [1.29, 1.82) is 0 Å². The standard InChI is InChI=1S/C25H29NO5/c1-6-10-19-21-23(26(3)22(19)17-11-8-7-9-12-17)18(13-16(2)25(27)28)14-20(30-5)24(21)31-15-29-4/h7-9,11-14H,6,10,15H2,1-5H3,(H,27,28)/b16-13+. The SMILES string of the molecule is CCCc1c(-c2ccccc2)n(C)c2c(/C=C(\C)C(=O)O)cc(OC)c(OCOC)c12. The summed E-state index contributed by atoms with van der Waals surface area (Å²) in [5.41, 5.74) is 5.21. The van der Waals surface area contributed by atoms with Gasteiger partial charge in [-0.25, -0.2) is 4.79 Å². The average Bonchev–Trinajstić information content (AvgIpc) is 3.05. The Balaban J connectivity index is 2.49. The molecule has 0 bridgehead atoms. The lowest BCUT2D eigenvalue weighted by Crippen LogP contribution is -2.03. The predicted octanol–water partition coefficient (Wildman–Crippen LogP) is 5.28. The monoisotopic (exact) mass is 423 g/mol. The highest BCUT2D eigenvalue weighted by Crippen LogP contribution is 2.45. The minimum absolute atomic E-state index is 0.0793. The number of ether oxygens (including phenoxy) is 3. The molecule has 0 atom stereocenters. The van der Waals surface area contributed by atoms with Crippen LogP contribution in [0.25, 0.3) is 28.2 Å². The van der Waals surface area contributed by atoms with Gasteiger partial charge in [-0.15, -0.1) is 0 Å². The number of carboxylic acid groups (broad SMARTS) is 1. The van der Waals surface area contributed by atoms with Gasteiger partial charge in [0.25, 0.3) is 0 Å². The molecule has 6 nitrogen and oxygen atoms in total. The number of aryl methyl sites for hydroxylation is 2. The Morgan fingerprint density at radius 1 is 1.19 bits per heavy atom. The van der Waals surface area contributed by atoms with Crippen molar-refractivity contribution in [3.63, 3.8) is 0 Å². The third-order valence-electron chi connectivity index (χ3n) is 5.30. The van der Waals surface area contributed by atoms with E-state index in [1.165, 1.54) is 0 Å². The number of fused-ring (bicyclic) bond motifs is 1. The Morgan fingerprint density at radius 2 is 1.90 bits per heavy atom. The molecule has 6 heteroatoms. The van der Waals surface area contributed by atoms with Crippen molar-refractivity contribution in [2.45, 2.75) is 26.7 Å². The number of aliphatic carboxylic acids is 1. The summed E-state index contributed by atoms with van der Waals surface area (Å²) in [4.78, 5) is 11.5. The van der Waals surface area contributed by atoms with E-state index in [0.717, 1.165) is 46.1 Å². The van der Waals surface area contributed by atoms with Gasteiger partial charge in [0.15, 0.2) is 18.3 Å². The van der Waals surface area contributed by atoms with Crippen LogP contribution >= 0.6 is 0 Å². The topological polar surface area (TPSA) is 69.9 Å². The first-order valence-corrected chi connectivity index (χ1v) is 10.3. The van der Waals surface area contributed by atoms with Gasteiger partial charge >= 0.3 is 5.97 Å². The molecule has 2 aromatic carbocycles. The van der Waals surface area contributed by atoms with Gasteiger partial charge in [0.1, 0.15) is 0 Å². The van der Waals surface area contributed by atoms with Crippen LogP contribution in [0.5, 0.6) is 11.5 Å². The first kappa shape index (κ1) is 22.4. The van der Waals surface area contributed by atoms with E-state index in [0.29, 0.717) is 11.5 Å². The predicted molar refractivity (Wildman–Crippen MR) is 123 cm³/mol. The summed E-state index contributed by atoms with van der Waals surface area (Å²) >= 11 is 0. The van der Waals surface area contributed by atoms with Crippen LogP contribution in [0.3, 0.4) is 0 Å². The maximum Gasteiger partial charge on any atom is 0.331 e. The van der Waals surface area contributed by atoms with E-state index in [4.69, 9.17) is 14.2 Å². The van der Waals surface area contributed by atoms with Crippen molar-refractivity contribution < 1.29 is 24.1 Å². The van der Waals surface area contributed by atoms with Crippen LogP contribution in [0, 0.1) is 0 Å². The van der Waals surface area contributed by atoms with Gasteiger partial charge in [-0.05, 0) is 36.6 Å². The zero-order chi connectivity index (χ0) is 22.5. The highest BCUT2D eigenvalue weighted by atomic mass is 16.7. The summed E-state index contributed by atoms with van der Waals surface area (Å²) in [6, 6.07) is 12.0. The van der Waals surface area contributed by atoms with E-state index in [9.17, 15) is 9.90 Å². The number of carboxylic acids is 1. The Bertz CT molecular complexity index is 1110. The number of benzene rings is 2. The van der Waals surface area contributed by atoms with Crippen LogP contribution in [0.4, 0.5) is 0 Å². The molecule has 0 fully saturated rings. The van der Waals surface area contributed by atoms with E-state index >= 15 is 0 Å². The molecule has 1 N–H and O–H groups in total. The maximum atomic E-state index is 11.5. The quantitative estimate of drug-likeness (QED) is 0.375. The van der Waals surface area contributed by atoms with E-state index in [2.05, 4.69) is 23.6 Å². The lowest BCUT2D eigenvalue weighted by molar-refractivity contribution is -0.132. The molecule has 0 spiro atoms. The largest absolute Gasteiger partial charge is 0.493 e. The lowest BCUT2D eigenvalue weighted by Gasteiger charge is -2.15. The van der Waals surface area contributed by atoms with Crippen molar-refractivity contribution in [2.24, 2.45) is 7.05 Å². The summed E-state index contributed by atoms with van der Waals surface area (Å²) in [5.74, 6) is 0.181. The second-order valence-corrected chi connectivity index (χ2v) is 7.41. The molecular weight excluding hydrogens is 394 g/mol. The number of hydrogen-bond donors (Lipinski definition) is 1. The second kappa shape index (κ2) is 9.71. The summed E-state index contributed by atoms with van der Waals surface area (Å²) in [6.45, 7) is 3.80. The molecule has 1 heterocycles. The normalized spacial score (nSPS) is 11.7. The highest BCUT2D eigenvalue weighted by Gasteiger charge is 2.25. The van der Waals surface area contributed by atoms with Crippen LogP contribution in [0.15, 0.2) is 42.0 Å². The minimum Gasteiger partial charge on any atom is -0.493 e. The molecule has 3 aromatic rings. The molecule has 0 aliphatic carbocycles. The number of aromatic nitrogens is 1. The first-order valence-electron chi connectivity index (χ1n) is 10.3. The van der Waals surface area contributed by atoms with E-state index in [1.807, 2.05) is 31.3 Å². The van der Waals surface area contributed by atoms with Crippen molar-refractivity contribution in [1.82, 2.24) is 4.57 Å². The van der Waals surface area contributed by atoms with Crippen LogP contribution in [0.1, 0.15) is 31.4 Å². The number of rotatable bonds is 9. The minimum atomic E-state index is -0.960. The smallest absolute Gasteiger partial charge is 0.331 e. The number of methoxy groups -OCH3 is 2. The zero-order valence-electron chi connectivity index (χ0n) is 18.7. The van der Waals surface area contributed by atoms with Crippen molar-refractivity contribution in [3.05, 3.63) is 53.1 Å². The van der Waals surface area contributed by atoms with Gasteiger partial charge in [0.2, 0.25) is 0 Å². The number of hydrogen-bond acceptors (Lipinski definition) is 4. The molecule has 0 saturated heterocycles. The molecule has 31 heavy (non-hydrogen) atoms. The van der Waals surface area contributed by atoms with Crippen molar-refractivity contribution >= 4 is 22.9 Å². The Morgan fingerprint density at radius 3 is 2.48 bits per heavy atom. The summed E-state index contributed by atoms with van der Waals surface area (Å²) < 4.78 is 18.9. The second-order valence-electron chi connectivity index (χ2n) is 7.41. The fourth-order valence-electron chi connectivity index (χ4n) is 4.00. The van der Waals surface area contributed by atoms with Gasteiger partial charge in [-0.1, -0.05) is 43.7 Å². The van der Waals surface area contributed by atoms with Crippen LogP contribution in [0.2, 0.25) is 0 Å². The van der Waals surface area contributed by atoms with Crippen LogP contribution in [-0.2, 0) is 23.0 Å². The van der Waals surface area contributed by atoms with E-state index in [1.54, 1.807) is 27.2 Å². The van der Waals surface area contributed by atoms with Crippen LogP contribution < -0.4 is 9.47 Å². The molecule has 0 saturated carbocycles. The molecule has 164 valence electrons. The molecule has 0 unspecified atom stereocenters. The van der Waals surface area contributed by atoms with Crippen molar-refractivity contribution in [3.8, 4) is 22.8 Å². The Hall–Kier alpha value is -3.25. The molecule has 3 rings (SSSR count). The van der Waals surface area contributed by atoms with Crippen LogP contribution in [-0.4, -0.2) is 36.7 Å². The average molecular weight is 424 g/mol. The van der Waals surface area contributed by atoms with Gasteiger partial charge in [0, 0.05) is 25.3 Å². The van der Waals surface area contributed by atoms with Gasteiger partial charge in [-0.2, -0.15) is 0 Å². The molecule has 1 aromatic heterocycles. The maximum absolute atomic E-state index is 11.5. The molecular formula is C25H29NO5. The van der Waals surface area contributed by atoms with Crippen molar-refractivity contribution in [2.75, 3.05) is 21.0 Å². The number of carbonyl (C=O) groups is 1. The molecule has 0 aliphatic rings. The highest BCUT2D eigenvalue weighted by molar-refractivity contribution is 6.04. The van der Waals surface area contributed by atoms with Gasteiger partial charge < -0.3 is 23.9 Å².